The molecule has 1 fully saturated rings. The molecule has 2 N–H and O–H groups in total. The van der Waals surface area contributed by atoms with Crippen LogP contribution in [-0.4, -0.2) is 57.4 Å². The summed E-state index contributed by atoms with van der Waals surface area (Å²) in [5.41, 5.74) is 0. The van der Waals surface area contributed by atoms with Gasteiger partial charge in [0.1, 0.15) is 0 Å². The van der Waals surface area contributed by atoms with Crippen LogP contribution in [0, 0.1) is 0 Å². The zero-order valence-electron chi connectivity index (χ0n) is 7.56. The van der Waals surface area contributed by atoms with E-state index in [1.807, 2.05) is 0 Å². The van der Waals surface area contributed by atoms with E-state index in [1.54, 1.807) is 7.11 Å². The predicted molar refractivity (Wildman–Crippen MR) is 48.3 cm³/mol. The maximum absolute atomic E-state index is 11.1. The van der Waals surface area contributed by atoms with E-state index in [4.69, 9.17) is 4.74 Å². The van der Waals surface area contributed by atoms with Crippen molar-refractivity contribution in [2.75, 3.05) is 31.8 Å². The molecule has 1 aliphatic heterocycles. The maximum atomic E-state index is 11.1. The fraction of sp³-hybridized carbons (Fsp3) is 1.00. The highest BCUT2D eigenvalue weighted by atomic mass is 32.2. The first kappa shape index (κ1) is 10.9. The van der Waals surface area contributed by atoms with E-state index < -0.39 is 15.9 Å². The molecule has 78 valence electrons. The fourth-order valence-corrected chi connectivity index (χ4v) is 3.15. The van der Waals surface area contributed by atoms with Crippen molar-refractivity contribution in [3.63, 3.8) is 0 Å². The lowest BCUT2D eigenvalue weighted by Gasteiger charge is -2.13. The fourth-order valence-electron chi connectivity index (χ4n) is 1.37. The van der Waals surface area contributed by atoms with Gasteiger partial charge in [-0.1, -0.05) is 0 Å². The van der Waals surface area contributed by atoms with Crippen molar-refractivity contribution in [1.82, 2.24) is 5.32 Å². The molecule has 0 bridgehead atoms. The molecule has 0 aromatic heterocycles. The third-order valence-electron chi connectivity index (χ3n) is 2.04. The molecule has 1 aliphatic rings. The second-order valence-electron chi connectivity index (χ2n) is 3.20. The van der Waals surface area contributed by atoms with Gasteiger partial charge in [-0.2, -0.15) is 0 Å². The van der Waals surface area contributed by atoms with Gasteiger partial charge in [-0.15, -0.1) is 0 Å². The lowest BCUT2D eigenvalue weighted by atomic mass is 10.2. The molecule has 0 radical (unpaired) electrons. The molecule has 1 saturated heterocycles. The Hall–Kier alpha value is -0.170. The molecule has 6 heteroatoms. The van der Waals surface area contributed by atoms with Crippen LogP contribution < -0.4 is 5.32 Å². The lowest BCUT2D eigenvalue weighted by Crippen LogP contribution is -2.40. The number of aliphatic hydroxyl groups is 1. The van der Waals surface area contributed by atoms with Gasteiger partial charge in [0, 0.05) is 19.7 Å². The van der Waals surface area contributed by atoms with Crippen LogP contribution in [0.15, 0.2) is 0 Å². The molecule has 0 aliphatic carbocycles. The number of ether oxygens (including phenoxy) is 1. The van der Waals surface area contributed by atoms with Crippen molar-refractivity contribution >= 4 is 9.84 Å². The Morgan fingerprint density at radius 2 is 2.23 bits per heavy atom. The van der Waals surface area contributed by atoms with Crippen molar-refractivity contribution in [3.05, 3.63) is 0 Å². The summed E-state index contributed by atoms with van der Waals surface area (Å²) in [7, 11) is -1.46. The highest BCUT2D eigenvalue weighted by molar-refractivity contribution is 7.91. The van der Waals surface area contributed by atoms with Crippen molar-refractivity contribution in [3.8, 4) is 0 Å². The van der Waals surface area contributed by atoms with Gasteiger partial charge in [0.2, 0.25) is 0 Å². The average molecular weight is 209 g/mol. The molecule has 0 saturated carbocycles. The summed E-state index contributed by atoms with van der Waals surface area (Å²) in [6, 6.07) is -0.333. The molecule has 2 atom stereocenters. The van der Waals surface area contributed by atoms with Crippen LogP contribution in [0.1, 0.15) is 0 Å². The standard InChI is InChI=1S/C7H15NO4S/c1-12-3-2-8-6-4-13(10,11)5-7(6)9/h6-9H,2-5H2,1H3/t6-,7+/m0/s1. The Morgan fingerprint density at radius 3 is 2.69 bits per heavy atom. The number of methoxy groups -OCH3 is 1. The van der Waals surface area contributed by atoms with Crippen molar-refractivity contribution in [2.45, 2.75) is 12.1 Å². The van der Waals surface area contributed by atoms with Gasteiger partial charge >= 0.3 is 0 Å². The zero-order chi connectivity index (χ0) is 9.90. The van der Waals surface area contributed by atoms with E-state index in [9.17, 15) is 13.5 Å². The van der Waals surface area contributed by atoms with Gasteiger partial charge in [0.25, 0.3) is 0 Å². The third-order valence-corrected chi connectivity index (χ3v) is 3.75. The summed E-state index contributed by atoms with van der Waals surface area (Å²) >= 11 is 0. The molecule has 0 unspecified atom stereocenters. The number of sulfone groups is 1. The van der Waals surface area contributed by atoms with E-state index in [0.29, 0.717) is 13.2 Å². The number of rotatable bonds is 4. The van der Waals surface area contributed by atoms with E-state index in [0.717, 1.165) is 0 Å². The van der Waals surface area contributed by atoms with Crippen molar-refractivity contribution in [1.29, 1.82) is 0 Å². The number of hydrogen-bond donors (Lipinski definition) is 2. The minimum absolute atomic E-state index is 0.0257. The molecule has 1 rings (SSSR count). The van der Waals surface area contributed by atoms with Gasteiger partial charge in [-0.25, -0.2) is 8.42 Å². The van der Waals surface area contributed by atoms with Crippen LogP contribution >= 0.6 is 0 Å². The van der Waals surface area contributed by atoms with E-state index in [2.05, 4.69) is 5.32 Å². The Labute approximate surface area is 78.0 Å². The summed E-state index contributed by atoms with van der Waals surface area (Å²) in [6.45, 7) is 1.08. The molecular weight excluding hydrogens is 194 g/mol. The van der Waals surface area contributed by atoms with Crippen molar-refractivity contribution < 1.29 is 18.3 Å². The van der Waals surface area contributed by atoms with Gasteiger partial charge in [-0.3, -0.25) is 0 Å². The first-order valence-corrected chi connectivity index (χ1v) is 5.98. The van der Waals surface area contributed by atoms with Crippen LogP contribution in [0.2, 0.25) is 0 Å². The summed E-state index contributed by atoms with van der Waals surface area (Å²) in [5.74, 6) is -0.102. The highest BCUT2D eigenvalue weighted by Gasteiger charge is 2.35. The number of aliphatic hydroxyl groups excluding tert-OH is 1. The minimum Gasteiger partial charge on any atom is -0.390 e. The normalized spacial score (nSPS) is 32.2. The molecule has 0 aromatic rings. The molecular formula is C7H15NO4S. The van der Waals surface area contributed by atoms with E-state index in [-0.39, 0.29) is 17.5 Å². The first-order valence-electron chi connectivity index (χ1n) is 4.16. The average Bonchev–Trinajstić information content (AvgIpc) is 2.25. The predicted octanol–water partition coefficient (Wildman–Crippen LogP) is -1.62. The largest absolute Gasteiger partial charge is 0.390 e. The van der Waals surface area contributed by atoms with E-state index in [1.165, 1.54) is 0 Å². The maximum Gasteiger partial charge on any atom is 0.154 e. The zero-order valence-corrected chi connectivity index (χ0v) is 8.38. The first-order chi connectivity index (χ1) is 6.05. The quantitative estimate of drug-likeness (QED) is 0.544. The van der Waals surface area contributed by atoms with Gasteiger partial charge in [0.15, 0.2) is 9.84 Å². The SMILES string of the molecule is COCCN[C@H]1CS(=O)(=O)C[C@H]1O. The van der Waals surface area contributed by atoms with Crippen LogP contribution in [0.5, 0.6) is 0 Å². The number of nitrogens with one attached hydrogen (secondary N) is 1. The van der Waals surface area contributed by atoms with Crippen molar-refractivity contribution in [2.24, 2.45) is 0 Å². The van der Waals surface area contributed by atoms with Crippen LogP contribution in [0.25, 0.3) is 0 Å². The Morgan fingerprint density at radius 1 is 1.54 bits per heavy atom. The van der Waals surface area contributed by atoms with Gasteiger partial charge in [0.05, 0.1) is 24.2 Å². The topological polar surface area (TPSA) is 75.6 Å². The van der Waals surface area contributed by atoms with Crippen LogP contribution in [0.4, 0.5) is 0 Å². The second-order valence-corrected chi connectivity index (χ2v) is 5.35. The molecule has 0 aromatic carbocycles. The summed E-state index contributed by atoms with van der Waals surface area (Å²) in [6.07, 6.45) is -0.776. The van der Waals surface area contributed by atoms with E-state index >= 15 is 0 Å². The molecule has 5 nitrogen and oxygen atoms in total. The Bertz CT molecular complexity index is 251. The van der Waals surface area contributed by atoms with Crippen LogP contribution in [-0.2, 0) is 14.6 Å². The number of hydrogen-bond acceptors (Lipinski definition) is 5. The van der Waals surface area contributed by atoms with Crippen LogP contribution in [0.3, 0.4) is 0 Å². The summed E-state index contributed by atoms with van der Waals surface area (Å²) in [5, 5.41) is 12.3. The molecule has 1 heterocycles. The molecule has 13 heavy (non-hydrogen) atoms. The second kappa shape index (κ2) is 4.36. The molecule has 0 spiro atoms. The summed E-state index contributed by atoms with van der Waals surface area (Å²) < 4.78 is 26.9. The smallest absolute Gasteiger partial charge is 0.154 e. The van der Waals surface area contributed by atoms with Gasteiger partial charge < -0.3 is 15.2 Å². The Kier molecular flexibility index (Phi) is 3.66. The molecule has 0 amide bonds. The Balaban J connectivity index is 2.36. The highest BCUT2D eigenvalue weighted by Crippen LogP contribution is 2.11. The van der Waals surface area contributed by atoms with Gasteiger partial charge in [-0.05, 0) is 0 Å². The lowest BCUT2D eigenvalue weighted by molar-refractivity contribution is 0.151. The summed E-state index contributed by atoms with van der Waals surface area (Å²) in [4.78, 5) is 0. The third kappa shape index (κ3) is 3.22. The minimum atomic E-state index is -3.04. The monoisotopic (exact) mass is 209 g/mol.